The van der Waals surface area contributed by atoms with E-state index in [4.69, 9.17) is 25.8 Å². The summed E-state index contributed by atoms with van der Waals surface area (Å²) in [6.07, 6.45) is 0.525. The molecule has 0 aliphatic rings. The molecular weight excluding hydrogens is 296 g/mol. The maximum absolute atomic E-state index is 10.5. The summed E-state index contributed by atoms with van der Waals surface area (Å²) in [5, 5.41) is 15.0. The second-order valence-corrected chi connectivity index (χ2v) is 4.77. The average Bonchev–Trinajstić information content (AvgIpc) is 2.83. The monoisotopic (exact) mass is 312 g/mol. The Kier molecular flexibility index (Phi) is 4.59. The molecule has 0 aliphatic carbocycles. The molecule has 114 valence electrons. The number of hydrogen-bond acceptors (Lipinski definition) is 5. The summed E-state index contributed by atoms with van der Waals surface area (Å²) in [4.78, 5) is 0. The van der Waals surface area contributed by atoms with Crippen molar-refractivity contribution in [3.05, 3.63) is 34.6 Å². The van der Waals surface area contributed by atoms with Crippen molar-refractivity contribution in [1.29, 1.82) is 0 Å². The Morgan fingerprint density at radius 3 is 2.10 bits per heavy atom. The lowest BCUT2D eigenvalue weighted by molar-refractivity contribution is 0.208. The van der Waals surface area contributed by atoms with Crippen LogP contribution >= 0.6 is 11.6 Å². The van der Waals surface area contributed by atoms with Crippen molar-refractivity contribution in [1.82, 2.24) is 9.78 Å². The first kappa shape index (κ1) is 15.5. The summed E-state index contributed by atoms with van der Waals surface area (Å²) in [5.74, 6) is 1.39. The first-order valence-corrected chi connectivity index (χ1v) is 6.56. The fourth-order valence-corrected chi connectivity index (χ4v) is 2.41. The van der Waals surface area contributed by atoms with E-state index in [0.717, 1.165) is 0 Å². The van der Waals surface area contributed by atoms with Crippen molar-refractivity contribution in [2.24, 2.45) is 7.05 Å². The van der Waals surface area contributed by atoms with Crippen molar-refractivity contribution in [2.45, 2.75) is 6.10 Å². The van der Waals surface area contributed by atoms with Crippen LogP contribution in [0.25, 0.3) is 0 Å². The van der Waals surface area contributed by atoms with Gasteiger partial charge in [-0.25, -0.2) is 0 Å². The molecule has 1 heterocycles. The van der Waals surface area contributed by atoms with Gasteiger partial charge in [-0.3, -0.25) is 4.68 Å². The number of nitrogens with zero attached hydrogens (tertiary/aromatic N) is 2. The minimum absolute atomic E-state index is 0.388. The van der Waals surface area contributed by atoms with Gasteiger partial charge < -0.3 is 19.3 Å². The van der Waals surface area contributed by atoms with Crippen LogP contribution in [0.15, 0.2) is 18.3 Å². The van der Waals surface area contributed by atoms with Crippen LogP contribution in [0.4, 0.5) is 0 Å². The lowest BCUT2D eigenvalue weighted by atomic mass is 10.0. The van der Waals surface area contributed by atoms with Gasteiger partial charge in [0.2, 0.25) is 5.75 Å². The number of aliphatic hydroxyl groups excluding tert-OH is 1. The summed E-state index contributed by atoms with van der Waals surface area (Å²) < 4.78 is 17.3. The van der Waals surface area contributed by atoms with Gasteiger partial charge in [-0.1, -0.05) is 11.6 Å². The predicted molar refractivity (Wildman–Crippen MR) is 78.4 cm³/mol. The van der Waals surface area contributed by atoms with E-state index in [0.29, 0.717) is 33.5 Å². The smallest absolute Gasteiger partial charge is 0.203 e. The third kappa shape index (κ3) is 2.77. The van der Waals surface area contributed by atoms with Crippen LogP contribution in [0, 0.1) is 0 Å². The lowest BCUT2D eigenvalue weighted by Crippen LogP contribution is -2.08. The Hall–Kier alpha value is -1.92. The summed E-state index contributed by atoms with van der Waals surface area (Å²) in [5.41, 5.74) is 1.06. The van der Waals surface area contributed by atoms with E-state index in [1.165, 1.54) is 32.2 Å². The van der Waals surface area contributed by atoms with Crippen LogP contribution in [0.1, 0.15) is 17.4 Å². The van der Waals surface area contributed by atoms with Gasteiger partial charge in [-0.05, 0) is 17.7 Å². The van der Waals surface area contributed by atoms with Gasteiger partial charge in [-0.15, -0.1) is 0 Å². The molecule has 0 bridgehead atoms. The van der Waals surface area contributed by atoms with Crippen LogP contribution in [0.2, 0.25) is 5.02 Å². The molecule has 2 aromatic rings. The van der Waals surface area contributed by atoms with Crippen molar-refractivity contribution in [2.75, 3.05) is 21.3 Å². The molecule has 0 saturated heterocycles. The Morgan fingerprint density at radius 1 is 1.14 bits per heavy atom. The Balaban J connectivity index is 2.54. The Morgan fingerprint density at radius 2 is 1.71 bits per heavy atom. The van der Waals surface area contributed by atoms with E-state index in [1.54, 1.807) is 19.2 Å². The highest BCUT2D eigenvalue weighted by Crippen LogP contribution is 2.41. The zero-order valence-corrected chi connectivity index (χ0v) is 13.0. The predicted octanol–water partition coefficient (Wildman–Crippen LogP) is 2.18. The zero-order valence-electron chi connectivity index (χ0n) is 12.3. The molecule has 1 N–H and O–H groups in total. The minimum atomic E-state index is -0.960. The van der Waals surface area contributed by atoms with Crippen molar-refractivity contribution < 1.29 is 19.3 Å². The number of ether oxygens (including phenoxy) is 3. The number of halogens is 1. The van der Waals surface area contributed by atoms with Crippen molar-refractivity contribution >= 4 is 11.6 Å². The highest BCUT2D eigenvalue weighted by Gasteiger charge is 2.22. The van der Waals surface area contributed by atoms with Crippen LogP contribution < -0.4 is 14.2 Å². The lowest BCUT2D eigenvalue weighted by Gasteiger charge is -2.17. The molecule has 0 aliphatic heterocycles. The zero-order chi connectivity index (χ0) is 15.6. The van der Waals surface area contributed by atoms with Crippen LogP contribution in [0.3, 0.4) is 0 Å². The number of hydrogen-bond donors (Lipinski definition) is 1. The highest BCUT2D eigenvalue weighted by atomic mass is 35.5. The minimum Gasteiger partial charge on any atom is -0.493 e. The van der Waals surface area contributed by atoms with E-state index in [2.05, 4.69) is 5.10 Å². The van der Waals surface area contributed by atoms with Crippen molar-refractivity contribution in [3.8, 4) is 17.2 Å². The van der Waals surface area contributed by atoms with Crippen LogP contribution in [0.5, 0.6) is 17.2 Å². The average molecular weight is 313 g/mol. The number of aromatic nitrogens is 2. The Labute approximate surface area is 127 Å². The fraction of sp³-hybridized carbons (Fsp3) is 0.357. The maximum Gasteiger partial charge on any atom is 0.203 e. The SMILES string of the molecule is COc1cc(C(O)c2c(Cl)cnn2C)cc(OC)c1OC. The largest absolute Gasteiger partial charge is 0.493 e. The first-order chi connectivity index (χ1) is 10.0. The standard InChI is InChI=1S/C14H17ClN2O4/c1-17-12(9(15)7-16-17)13(18)8-5-10(19-2)14(21-4)11(6-8)20-3/h5-7,13,18H,1-4H3. The topological polar surface area (TPSA) is 65.7 Å². The molecule has 1 atom stereocenters. The Bertz CT molecular complexity index is 597. The van der Waals surface area contributed by atoms with Gasteiger partial charge >= 0.3 is 0 Å². The second kappa shape index (κ2) is 6.24. The molecule has 1 aromatic carbocycles. The van der Waals surface area contributed by atoms with E-state index in [-0.39, 0.29) is 0 Å². The van der Waals surface area contributed by atoms with E-state index < -0.39 is 6.10 Å². The first-order valence-electron chi connectivity index (χ1n) is 6.18. The van der Waals surface area contributed by atoms with E-state index in [9.17, 15) is 5.11 Å². The molecule has 0 saturated carbocycles. The number of methoxy groups -OCH3 is 3. The molecule has 1 unspecified atom stereocenters. The quantitative estimate of drug-likeness (QED) is 0.916. The second-order valence-electron chi connectivity index (χ2n) is 4.36. The molecular formula is C14H17ClN2O4. The third-order valence-electron chi connectivity index (χ3n) is 3.20. The maximum atomic E-state index is 10.5. The van der Waals surface area contributed by atoms with E-state index >= 15 is 0 Å². The number of benzene rings is 1. The number of aryl methyl sites for hydroxylation is 1. The molecule has 0 amide bonds. The fourth-order valence-electron chi connectivity index (χ4n) is 2.14. The molecule has 0 fully saturated rings. The van der Waals surface area contributed by atoms with Gasteiger partial charge in [-0.2, -0.15) is 5.10 Å². The third-order valence-corrected chi connectivity index (χ3v) is 3.49. The molecule has 0 radical (unpaired) electrons. The van der Waals surface area contributed by atoms with Crippen LogP contribution in [-0.4, -0.2) is 36.2 Å². The molecule has 2 rings (SSSR count). The molecule has 21 heavy (non-hydrogen) atoms. The molecule has 6 nitrogen and oxygen atoms in total. The molecule has 7 heteroatoms. The van der Waals surface area contributed by atoms with Gasteiger partial charge in [0.15, 0.2) is 11.5 Å². The summed E-state index contributed by atoms with van der Waals surface area (Å²) in [7, 11) is 6.27. The van der Waals surface area contributed by atoms with E-state index in [1.807, 2.05) is 0 Å². The summed E-state index contributed by atoms with van der Waals surface area (Å²) in [6, 6.07) is 3.35. The summed E-state index contributed by atoms with van der Waals surface area (Å²) >= 11 is 6.07. The van der Waals surface area contributed by atoms with Gasteiger partial charge in [0, 0.05) is 7.05 Å². The number of rotatable bonds is 5. The van der Waals surface area contributed by atoms with Gasteiger partial charge in [0.25, 0.3) is 0 Å². The highest BCUT2D eigenvalue weighted by molar-refractivity contribution is 6.31. The molecule has 0 spiro atoms. The van der Waals surface area contributed by atoms with Gasteiger partial charge in [0.05, 0.1) is 38.2 Å². The molecule has 1 aromatic heterocycles. The van der Waals surface area contributed by atoms with Crippen LogP contribution in [-0.2, 0) is 7.05 Å². The summed E-state index contributed by atoms with van der Waals surface area (Å²) in [6.45, 7) is 0. The van der Waals surface area contributed by atoms with Gasteiger partial charge in [0.1, 0.15) is 6.10 Å². The normalized spacial score (nSPS) is 12.1. The number of aliphatic hydroxyl groups is 1. The van der Waals surface area contributed by atoms with Crippen molar-refractivity contribution in [3.63, 3.8) is 0 Å².